The van der Waals surface area contributed by atoms with Crippen LogP contribution in [-0.4, -0.2) is 15.8 Å². The van der Waals surface area contributed by atoms with E-state index in [4.69, 9.17) is 0 Å². The third kappa shape index (κ3) is 2.66. The van der Waals surface area contributed by atoms with E-state index >= 15 is 0 Å². The van der Waals surface area contributed by atoms with Crippen molar-refractivity contribution in [1.29, 1.82) is 0 Å². The van der Waals surface area contributed by atoms with Crippen LogP contribution in [0.5, 0.6) is 0 Å². The van der Waals surface area contributed by atoms with E-state index in [9.17, 15) is 8.78 Å². The number of benzene rings is 1. The second kappa shape index (κ2) is 4.74. The molecule has 100 valence electrons. The molecular weight excluding hydrogens is 248 g/mol. The Bertz CT molecular complexity index is 603. The quantitative estimate of drug-likeness (QED) is 0.919. The van der Waals surface area contributed by atoms with Crippen LogP contribution in [0.1, 0.15) is 18.4 Å². The van der Waals surface area contributed by atoms with Gasteiger partial charge in [-0.2, -0.15) is 5.10 Å². The lowest BCUT2D eigenvalue weighted by Crippen LogP contribution is -2.15. The fraction of sp³-hybridized carbons (Fsp3) is 0.357. The van der Waals surface area contributed by atoms with Crippen molar-refractivity contribution in [2.24, 2.45) is 7.05 Å². The molecule has 1 N–H and O–H groups in total. The molecule has 1 saturated carbocycles. The molecule has 1 aliphatic rings. The third-order valence-electron chi connectivity index (χ3n) is 3.25. The molecular formula is C14H15F2N3. The molecule has 0 atom stereocenters. The number of hydrogen-bond donors (Lipinski definition) is 1. The van der Waals surface area contributed by atoms with Gasteiger partial charge < -0.3 is 5.32 Å². The van der Waals surface area contributed by atoms with Crippen LogP contribution in [0.2, 0.25) is 0 Å². The first-order valence-electron chi connectivity index (χ1n) is 6.35. The standard InChI is InChI=1S/C14H15F2N3/c1-19-8-9(7-17-11-3-4-11)14(18-19)12-5-2-10(15)6-13(12)16/h2,5-6,8,11,17H,3-4,7H2,1H3. The first-order chi connectivity index (χ1) is 9.13. The molecule has 0 radical (unpaired) electrons. The lowest BCUT2D eigenvalue weighted by atomic mass is 10.1. The van der Waals surface area contributed by atoms with Crippen LogP contribution in [0.15, 0.2) is 24.4 Å². The first-order valence-corrected chi connectivity index (χ1v) is 6.35. The van der Waals surface area contributed by atoms with E-state index in [0.717, 1.165) is 11.6 Å². The molecule has 1 aliphatic carbocycles. The molecule has 3 nitrogen and oxygen atoms in total. The van der Waals surface area contributed by atoms with Gasteiger partial charge in [0.1, 0.15) is 11.6 Å². The van der Waals surface area contributed by atoms with Gasteiger partial charge in [-0.15, -0.1) is 0 Å². The van der Waals surface area contributed by atoms with Crippen molar-refractivity contribution in [2.75, 3.05) is 0 Å². The predicted molar refractivity (Wildman–Crippen MR) is 68.4 cm³/mol. The summed E-state index contributed by atoms with van der Waals surface area (Å²) in [5.41, 5.74) is 1.85. The number of rotatable bonds is 4. The lowest BCUT2D eigenvalue weighted by molar-refractivity contribution is 0.584. The second-order valence-electron chi connectivity index (χ2n) is 4.96. The van der Waals surface area contributed by atoms with Crippen LogP contribution >= 0.6 is 0 Å². The zero-order valence-electron chi connectivity index (χ0n) is 10.7. The highest BCUT2D eigenvalue weighted by atomic mass is 19.1. The Kier molecular flexibility index (Phi) is 3.06. The molecule has 1 fully saturated rings. The van der Waals surface area contributed by atoms with E-state index in [1.54, 1.807) is 11.7 Å². The Morgan fingerprint density at radius 1 is 1.37 bits per heavy atom. The zero-order valence-corrected chi connectivity index (χ0v) is 10.7. The molecule has 0 saturated heterocycles. The molecule has 0 aliphatic heterocycles. The highest BCUT2D eigenvalue weighted by Crippen LogP contribution is 2.26. The molecule has 0 amide bonds. The van der Waals surface area contributed by atoms with E-state index in [0.29, 0.717) is 23.8 Å². The summed E-state index contributed by atoms with van der Waals surface area (Å²) in [7, 11) is 1.80. The van der Waals surface area contributed by atoms with Gasteiger partial charge in [-0.05, 0) is 25.0 Å². The molecule has 1 heterocycles. The Hall–Kier alpha value is -1.75. The van der Waals surface area contributed by atoms with Crippen LogP contribution in [0.25, 0.3) is 11.3 Å². The zero-order chi connectivity index (χ0) is 13.4. The maximum absolute atomic E-state index is 13.8. The SMILES string of the molecule is Cn1cc(CNC2CC2)c(-c2ccc(F)cc2F)n1. The molecule has 19 heavy (non-hydrogen) atoms. The summed E-state index contributed by atoms with van der Waals surface area (Å²) < 4.78 is 28.4. The molecule has 1 aromatic carbocycles. The second-order valence-corrected chi connectivity index (χ2v) is 4.96. The summed E-state index contributed by atoms with van der Waals surface area (Å²) in [5.74, 6) is -1.15. The summed E-state index contributed by atoms with van der Waals surface area (Å²) in [6, 6.07) is 4.16. The van der Waals surface area contributed by atoms with E-state index < -0.39 is 11.6 Å². The normalized spacial score (nSPS) is 14.9. The van der Waals surface area contributed by atoms with Gasteiger partial charge in [-0.25, -0.2) is 8.78 Å². The fourth-order valence-corrected chi connectivity index (χ4v) is 2.12. The number of nitrogens with zero attached hydrogens (tertiary/aromatic N) is 2. The first kappa shape index (κ1) is 12.3. The number of nitrogens with one attached hydrogen (secondary N) is 1. The average Bonchev–Trinajstić information content (AvgIpc) is 3.10. The van der Waals surface area contributed by atoms with Gasteiger partial charge in [-0.1, -0.05) is 0 Å². The molecule has 2 aromatic rings. The van der Waals surface area contributed by atoms with Crippen molar-refractivity contribution >= 4 is 0 Å². The van der Waals surface area contributed by atoms with Crippen molar-refractivity contribution in [3.8, 4) is 11.3 Å². The monoisotopic (exact) mass is 263 g/mol. The lowest BCUT2D eigenvalue weighted by Gasteiger charge is -2.05. The topological polar surface area (TPSA) is 29.9 Å². The Balaban J connectivity index is 1.93. The third-order valence-corrected chi connectivity index (χ3v) is 3.25. The fourth-order valence-electron chi connectivity index (χ4n) is 2.12. The minimum Gasteiger partial charge on any atom is -0.310 e. The molecule has 3 rings (SSSR count). The predicted octanol–water partition coefficient (Wildman–Crippen LogP) is 2.62. The van der Waals surface area contributed by atoms with Crippen molar-refractivity contribution in [3.63, 3.8) is 0 Å². The van der Waals surface area contributed by atoms with Gasteiger partial charge in [0.2, 0.25) is 0 Å². The van der Waals surface area contributed by atoms with Crippen LogP contribution in [0.3, 0.4) is 0 Å². The largest absolute Gasteiger partial charge is 0.310 e. The van der Waals surface area contributed by atoms with E-state index in [2.05, 4.69) is 10.4 Å². The smallest absolute Gasteiger partial charge is 0.135 e. The highest BCUT2D eigenvalue weighted by molar-refractivity contribution is 5.63. The molecule has 1 aromatic heterocycles. The highest BCUT2D eigenvalue weighted by Gasteiger charge is 2.22. The van der Waals surface area contributed by atoms with Gasteiger partial charge in [0.25, 0.3) is 0 Å². The molecule has 0 spiro atoms. The summed E-state index contributed by atoms with van der Waals surface area (Å²) in [6.07, 6.45) is 4.26. The van der Waals surface area contributed by atoms with Gasteiger partial charge >= 0.3 is 0 Å². The summed E-state index contributed by atoms with van der Waals surface area (Å²) in [4.78, 5) is 0. The Morgan fingerprint density at radius 3 is 2.84 bits per heavy atom. The summed E-state index contributed by atoms with van der Waals surface area (Å²) >= 11 is 0. The van der Waals surface area contributed by atoms with Gasteiger partial charge in [0.15, 0.2) is 0 Å². The van der Waals surface area contributed by atoms with Gasteiger partial charge in [0.05, 0.1) is 5.69 Å². The number of hydrogen-bond acceptors (Lipinski definition) is 2. The number of aryl methyl sites for hydroxylation is 1. The number of halogens is 2. The van der Waals surface area contributed by atoms with Crippen molar-refractivity contribution in [3.05, 3.63) is 41.6 Å². The van der Waals surface area contributed by atoms with E-state index in [-0.39, 0.29) is 0 Å². The van der Waals surface area contributed by atoms with E-state index in [1.807, 2.05) is 6.20 Å². The maximum Gasteiger partial charge on any atom is 0.135 e. The Labute approximate surface area is 110 Å². The molecule has 0 unspecified atom stereocenters. The van der Waals surface area contributed by atoms with Crippen molar-refractivity contribution in [2.45, 2.75) is 25.4 Å². The molecule has 5 heteroatoms. The minimum absolute atomic E-state index is 0.342. The maximum atomic E-state index is 13.8. The van der Waals surface area contributed by atoms with Crippen LogP contribution in [-0.2, 0) is 13.6 Å². The van der Waals surface area contributed by atoms with Crippen molar-refractivity contribution in [1.82, 2.24) is 15.1 Å². The van der Waals surface area contributed by atoms with Crippen LogP contribution in [0, 0.1) is 11.6 Å². The number of aromatic nitrogens is 2. The summed E-state index contributed by atoms with van der Waals surface area (Å²) in [6.45, 7) is 0.657. The van der Waals surface area contributed by atoms with Gasteiger partial charge in [0, 0.05) is 43.0 Å². The van der Waals surface area contributed by atoms with E-state index in [1.165, 1.54) is 25.0 Å². The summed E-state index contributed by atoms with van der Waals surface area (Å²) in [5, 5.41) is 7.66. The minimum atomic E-state index is -0.577. The van der Waals surface area contributed by atoms with Crippen LogP contribution < -0.4 is 5.32 Å². The average molecular weight is 263 g/mol. The molecule has 0 bridgehead atoms. The van der Waals surface area contributed by atoms with Crippen molar-refractivity contribution < 1.29 is 8.78 Å². The van der Waals surface area contributed by atoms with Crippen LogP contribution in [0.4, 0.5) is 8.78 Å². The Morgan fingerprint density at radius 2 is 2.16 bits per heavy atom. The van der Waals surface area contributed by atoms with Gasteiger partial charge in [-0.3, -0.25) is 4.68 Å².